The average molecular weight is 263 g/mol. The molecule has 1 fully saturated rings. The van der Waals surface area contributed by atoms with Gasteiger partial charge in [0, 0.05) is 19.6 Å². The molecule has 4 heteroatoms. The predicted octanol–water partition coefficient (Wildman–Crippen LogP) is 2.49. The highest BCUT2D eigenvalue weighted by atomic mass is 16.5. The van der Waals surface area contributed by atoms with E-state index in [0.29, 0.717) is 11.5 Å². The molecule has 0 aliphatic carbocycles. The van der Waals surface area contributed by atoms with Crippen molar-refractivity contribution in [3.05, 3.63) is 29.8 Å². The fourth-order valence-electron chi connectivity index (χ4n) is 2.44. The number of carboxylic acid groups (broad SMARTS) is 1. The Kier molecular flexibility index (Phi) is 4.43. The van der Waals surface area contributed by atoms with Gasteiger partial charge in [-0.15, -0.1) is 0 Å². The van der Waals surface area contributed by atoms with Crippen LogP contribution in [0.25, 0.3) is 0 Å². The Hall–Kier alpha value is -1.55. The second kappa shape index (κ2) is 6.06. The molecule has 1 aliphatic heterocycles. The van der Waals surface area contributed by atoms with E-state index < -0.39 is 5.97 Å². The summed E-state index contributed by atoms with van der Waals surface area (Å²) < 4.78 is 5.89. The molecular weight excluding hydrogens is 242 g/mol. The van der Waals surface area contributed by atoms with Gasteiger partial charge in [0.25, 0.3) is 0 Å². The van der Waals surface area contributed by atoms with E-state index in [2.05, 4.69) is 18.7 Å². The molecule has 1 heterocycles. The molecule has 4 nitrogen and oxygen atoms in total. The summed E-state index contributed by atoms with van der Waals surface area (Å²) in [5, 5.41) is 8.83. The zero-order chi connectivity index (χ0) is 13.8. The van der Waals surface area contributed by atoms with Gasteiger partial charge in [-0.05, 0) is 36.6 Å². The average Bonchev–Trinajstić information content (AvgIpc) is 2.76. The lowest BCUT2D eigenvalue weighted by atomic mass is 10.2. The minimum absolute atomic E-state index is 0.217. The summed E-state index contributed by atoms with van der Waals surface area (Å²) in [7, 11) is 0. The first kappa shape index (κ1) is 13.9. The molecule has 1 atom stereocenters. The second-order valence-corrected chi connectivity index (χ2v) is 5.51. The lowest BCUT2D eigenvalue weighted by Crippen LogP contribution is -2.28. The molecule has 0 amide bonds. The van der Waals surface area contributed by atoms with Crippen molar-refractivity contribution < 1.29 is 14.6 Å². The summed E-state index contributed by atoms with van der Waals surface area (Å²) >= 11 is 0. The number of hydrogen-bond donors (Lipinski definition) is 1. The SMILES string of the molecule is CC(C)CN1CCC(Oc2ccc(C(=O)O)cc2)C1. The number of hydrogen-bond acceptors (Lipinski definition) is 3. The van der Waals surface area contributed by atoms with Crippen molar-refractivity contribution >= 4 is 5.97 Å². The molecule has 19 heavy (non-hydrogen) atoms. The maximum absolute atomic E-state index is 10.8. The van der Waals surface area contributed by atoms with Crippen LogP contribution >= 0.6 is 0 Å². The van der Waals surface area contributed by atoms with Crippen molar-refractivity contribution in [2.24, 2.45) is 5.92 Å². The van der Waals surface area contributed by atoms with Crippen LogP contribution in [0.2, 0.25) is 0 Å². The Morgan fingerprint density at radius 3 is 2.68 bits per heavy atom. The summed E-state index contributed by atoms with van der Waals surface area (Å²) in [6, 6.07) is 6.63. The van der Waals surface area contributed by atoms with Crippen LogP contribution in [0.4, 0.5) is 0 Å². The Balaban J connectivity index is 1.87. The maximum atomic E-state index is 10.8. The molecular formula is C15H21NO3. The third-order valence-electron chi connectivity index (χ3n) is 3.26. The minimum Gasteiger partial charge on any atom is -0.489 e. The van der Waals surface area contributed by atoms with Crippen molar-refractivity contribution in [2.45, 2.75) is 26.4 Å². The van der Waals surface area contributed by atoms with Crippen molar-refractivity contribution in [3.63, 3.8) is 0 Å². The highest BCUT2D eigenvalue weighted by Crippen LogP contribution is 2.19. The Labute approximate surface area is 114 Å². The third kappa shape index (κ3) is 3.96. The zero-order valence-corrected chi connectivity index (χ0v) is 11.5. The molecule has 0 saturated carbocycles. The quantitative estimate of drug-likeness (QED) is 0.886. The van der Waals surface area contributed by atoms with E-state index in [1.807, 2.05) is 0 Å². The van der Waals surface area contributed by atoms with Gasteiger partial charge in [0.2, 0.25) is 0 Å². The summed E-state index contributed by atoms with van der Waals surface area (Å²) in [5.41, 5.74) is 0.292. The Bertz CT molecular complexity index is 428. The molecule has 1 unspecified atom stereocenters. The predicted molar refractivity (Wildman–Crippen MR) is 73.7 cm³/mol. The van der Waals surface area contributed by atoms with E-state index in [1.54, 1.807) is 24.3 Å². The van der Waals surface area contributed by atoms with Gasteiger partial charge in [-0.25, -0.2) is 4.79 Å². The van der Waals surface area contributed by atoms with Crippen LogP contribution in [0, 0.1) is 5.92 Å². The third-order valence-corrected chi connectivity index (χ3v) is 3.26. The number of ether oxygens (including phenoxy) is 1. The highest BCUT2D eigenvalue weighted by molar-refractivity contribution is 5.87. The number of carbonyl (C=O) groups is 1. The molecule has 1 aromatic rings. The lowest BCUT2D eigenvalue weighted by Gasteiger charge is -2.18. The molecule has 1 saturated heterocycles. The van der Waals surface area contributed by atoms with Gasteiger partial charge < -0.3 is 9.84 Å². The van der Waals surface area contributed by atoms with E-state index in [9.17, 15) is 4.79 Å². The molecule has 0 aromatic heterocycles. The van der Waals surface area contributed by atoms with Gasteiger partial charge in [-0.2, -0.15) is 0 Å². The summed E-state index contributed by atoms with van der Waals surface area (Å²) in [6.45, 7) is 7.59. The van der Waals surface area contributed by atoms with E-state index in [1.165, 1.54) is 0 Å². The van der Waals surface area contributed by atoms with Crippen molar-refractivity contribution in [2.75, 3.05) is 19.6 Å². The van der Waals surface area contributed by atoms with Crippen LogP contribution in [0.1, 0.15) is 30.6 Å². The smallest absolute Gasteiger partial charge is 0.335 e. The van der Waals surface area contributed by atoms with E-state index >= 15 is 0 Å². The minimum atomic E-state index is -0.907. The van der Waals surface area contributed by atoms with Gasteiger partial charge in [0.05, 0.1) is 5.56 Å². The molecule has 2 rings (SSSR count). The van der Waals surface area contributed by atoms with E-state index in [0.717, 1.165) is 31.8 Å². The zero-order valence-electron chi connectivity index (χ0n) is 11.5. The number of likely N-dealkylation sites (tertiary alicyclic amines) is 1. The molecule has 0 radical (unpaired) electrons. The number of aromatic carboxylic acids is 1. The van der Waals surface area contributed by atoms with Crippen molar-refractivity contribution in [1.82, 2.24) is 4.90 Å². The van der Waals surface area contributed by atoms with E-state index in [4.69, 9.17) is 9.84 Å². The number of benzene rings is 1. The van der Waals surface area contributed by atoms with E-state index in [-0.39, 0.29) is 6.10 Å². The second-order valence-electron chi connectivity index (χ2n) is 5.51. The molecule has 1 aromatic carbocycles. The summed E-state index contributed by atoms with van der Waals surface area (Å²) in [4.78, 5) is 13.2. The van der Waals surface area contributed by atoms with Crippen LogP contribution in [0.5, 0.6) is 5.75 Å². The first-order valence-electron chi connectivity index (χ1n) is 6.77. The number of carboxylic acids is 1. The maximum Gasteiger partial charge on any atom is 0.335 e. The fourth-order valence-corrected chi connectivity index (χ4v) is 2.44. The Morgan fingerprint density at radius 2 is 2.11 bits per heavy atom. The normalized spacial score (nSPS) is 19.8. The molecule has 0 bridgehead atoms. The van der Waals surface area contributed by atoms with Crippen LogP contribution in [0.15, 0.2) is 24.3 Å². The topological polar surface area (TPSA) is 49.8 Å². The van der Waals surface area contributed by atoms with Gasteiger partial charge in [0.1, 0.15) is 11.9 Å². The van der Waals surface area contributed by atoms with Crippen LogP contribution in [0.3, 0.4) is 0 Å². The van der Waals surface area contributed by atoms with Crippen LogP contribution in [-0.2, 0) is 0 Å². The Morgan fingerprint density at radius 1 is 1.42 bits per heavy atom. The highest BCUT2D eigenvalue weighted by Gasteiger charge is 2.24. The first-order chi connectivity index (χ1) is 9.04. The number of rotatable bonds is 5. The summed E-state index contributed by atoms with van der Waals surface area (Å²) in [6.07, 6.45) is 1.25. The van der Waals surface area contributed by atoms with Crippen molar-refractivity contribution in [1.29, 1.82) is 0 Å². The molecule has 1 N–H and O–H groups in total. The van der Waals surface area contributed by atoms with Crippen LogP contribution < -0.4 is 4.74 Å². The number of nitrogens with zero attached hydrogens (tertiary/aromatic N) is 1. The first-order valence-corrected chi connectivity index (χ1v) is 6.77. The summed E-state index contributed by atoms with van der Waals surface area (Å²) in [5.74, 6) is 0.519. The standard InChI is InChI=1S/C15H21NO3/c1-11(2)9-16-8-7-14(10-16)19-13-5-3-12(4-6-13)15(17)18/h3-6,11,14H,7-10H2,1-2H3,(H,17,18). The lowest BCUT2D eigenvalue weighted by molar-refractivity contribution is 0.0697. The van der Waals surface area contributed by atoms with Gasteiger partial charge in [-0.3, -0.25) is 4.90 Å². The van der Waals surface area contributed by atoms with Gasteiger partial charge >= 0.3 is 5.97 Å². The van der Waals surface area contributed by atoms with Crippen molar-refractivity contribution in [3.8, 4) is 5.75 Å². The molecule has 0 spiro atoms. The van der Waals surface area contributed by atoms with Crippen LogP contribution in [-0.4, -0.2) is 41.7 Å². The van der Waals surface area contributed by atoms with Gasteiger partial charge in [0.15, 0.2) is 0 Å². The fraction of sp³-hybridized carbons (Fsp3) is 0.533. The van der Waals surface area contributed by atoms with Gasteiger partial charge in [-0.1, -0.05) is 13.8 Å². The molecule has 1 aliphatic rings. The molecule has 104 valence electrons. The largest absolute Gasteiger partial charge is 0.489 e. The monoisotopic (exact) mass is 263 g/mol.